The molecule has 0 aliphatic heterocycles. The van der Waals surface area contributed by atoms with Crippen LogP contribution in [-0.4, -0.2) is 29.3 Å². The van der Waals surface area contributed by atoms with Crippen molar-refractivity contribution in [2.24, 2.45) is 10.8 Å². The summed E-state index contributed by atoms with van der Waals surface area (Å²) >= 11 is 4.63. The average molecular weight is 374 g/mol. The molecule has 0 aromatic heterocycles. The molecule has 26 heavy (non-hydrogen) atoms. The maximum absolute atomic E-state index is 12.2. The van der Waals surface area contributed by atoms with Crippen LogP contribution in [0.1, 0.15) is 15.9 Å². The predicted molar refractivity (Wildman–Crippen MR) is 98.6 cm³/mol. The topological polar surface area (TPSA) is 129 Å². The number of nitro benzene ring substituents is 1. The van der Waals surface area contributed by atoms with E-state index in [2.05, 4.69) is 22.7 Å². The van der Waals surface area contributed by atoms with E-state index in [1.807, 2.05) is 0 Å². The summed E-state index contributed by atoms with van der Waals surface area (Å²) in [6, 6.07) is 9.86. The Morgan fingerprint density at radius 2 is 1.96 bits per heavy atom. The first-order valence-electron chi connectivity index (χ1n) is 7.14. The van der Waals surface area contributed by atoms with Crippen LogP contribution in [0, 0.1) is 10.1 Å². The van der Waals surface area contributed by atoms with Crippen LogP contribution in [0.3, 0.4) is 0 Å². The van der Waals surface area contributed by atoms with Crippen molar-refractivity contribution < 1.29 is 19.2 Å². The number of non-ortho nitro benzene ring substituents is 1. The van der Waals surface area contributed by atoms with Crippen molar-refractivity contribution >= 4 is 35.2 Å². The van der Waals surface area contributed by atoms with Gasteiger partial charge in [-0.3, -0.25) is 15.5 Å². The molecule has 0 spiro atoms. The monoisotopic (exact) mass is 374 g/mol. The third-order valence-corrected chi connectivity index (χ3v) is 3.18. The van der Waals surface area contributed by atoms with Crippen molar-refractivity contribution in [3.8, 4) is 11.5 Å². The van der Waals surface area contributed by atoms with Gasteiger partial charge >= 0.3 is 5.97 Å². The first kappa shape index (κ1) is 18.8. The van der Waals surface area contributed by atoms with Crippen LogP contribution >= 0.6 is 12.2 Å². The largest absolute Gasteiger partial charge is 0.493 e. The molecule has 2 rings (SSSR count). The lowest BCUT2D eigenvalue weighted by Crippen LogP contribution is -2.23. The van der Waals surface area contributed by atoms with Crippen LogP contribution in [0.2, 0.25) is 0 Å². The minimum Gasteiger partial charge on any atom is -0.493 e. The highest BCUT2D eigenvalue weighted by Crippen LogP contribution is 2.28. The average Bonchev–Trinajstić information content (AvgIpc) is 2.62. The van der Waals surface area contributed by atoms with E-state index in [1.165, 1.54) is 43.7 Å². The van der Waals surface area contributed by atoms with E-state index in [1.54, 1.807) is 12.1 Å². The fourth-order valence-corrected chi connectivity index (χ4v) is 1.95. The van der Waals surface area contributed by atoms with Gasteiger partial charge in [-0.2, -0.15) is 5.10 Å². The number of nitro groups is 1. The number of hydrazone groups is 1. The summed E-state index contributed by atoms with van der Waals surface area (Å²) in [5.41, 5.74) is 8.38. The number of esters is 1. The molecular weight excluding hydrogens is 360 g/mol. The van der Waals surface area contributed by atoms with Gasteiger partial charge in [0.1, 0.15) is 0 Å². The number of benzene rings is 2. The molecule has 0 saturated carbocycles. The van der Waals surface area contributed by atoms with E-state index < -0.39 is 10.9 Å². The summed E-state index contributed by atoms with van der Waals surface area (Å²) in [5, 5.41) is 14.5. The molecule has 10 heteroatoms. The number of nitrogens with one attached hydrogen (secondary N) is 1. The van der Waals surface area contributed by atoms with Crippen molar-refractivity contribution in [1.29, 1.82) is 0 Å². The Hall–Kier alpha value is -3.53. The van der Waals surface area contributed by atoms with Gasteiger partial charge in [-0.25, -0.2) is 4.79 Å². The van der Waals surface area contributed by atoms with Gasteiger partial charge in [0, 0.05) is 12.1 Å². The second kappa shape index (κ2) is 8.53. The van der Waals surface area contributed by atoms with E-state index in [0.717, 1.165) is 0 Å². The number of carbonyl (C=O) groups excluding carboxylic acids is 1. The fraction of sp³-hybridized carbons (Fsp3) is 0.0625. The molecule has 2 aromatic rings. The summed E-state index contributed by atoms with van der Waals surface area (Å²) < 4.78 is 10.5. The zero-order chi connectivity index (χ0) is 19.1. The normalized spacial score (nSPS) is 10.3. The Balaban J connectivity index is 2.15. The second-order valence-corrected chi connectivity index (χ2v) is 5.28. The fourth-order valence-electron chi connectivity index (χ4n) is 1.90. The van der Waals surface area contributed by atoms with Gasteiger partial charge in [-0.15, -0.1) is 0 Å². The van der Waals surface area contributed by atoms with Crippen LogP contribution in [0.5, 0.6) is 11.5 Å². The van der Waals surface area contributed by atoms with Crippen LogP contribution in [-0.2, 0) is 0 Å². The Kier molecular flexibility index (Phi) is 6.17. The van der Waals surface area contributed by atoms with Crippen molar-refractivity contribution in [1.82, 2.24) is 5.43 Å². The lowest BCUT2D eigenvalue weighted by Gasteiger charge is -2.10. The highest BCUT2D eigenvalue weighted by molar-refractivity contribution is 7.80. The molecule has 0 saturated heterocycles. The van der Waals surface area contributed by atoms with Crippen molar-refractivity contribution in [2.75, 3.05) is 7.11 Å². The summed E-state index contributed by atoms with van der Waals surface area (Å²) in [6.07, 6.45) is 1.46. The molecule has 0 radical (unpaired) electrons. The Bertz CT molecular complexity index is 867. The number of thiocarbonyl (C=S) groups is 1. The molecule has 0 amide bonds. The van der Waals surface area contributed by atoms with E-state index >= 15 is 0 Å². The quantitative estimate of drug-likeness (QED) is 0.196. The van der Waals surface area contributed by atoms with E-state index in [4.69, 9.17) is 15.2 Å². The summed E-state index contributed by atoms with van der Waals surface area (Å²) in [5.74, 6) is -0.176. The third kappa shape index (κ3) is 4.98. The van der Waals surface area contributed by atoms with Crippen molar-refractivity contribution in [3.05, 3.63) is 63.7 Å². The van der Waals surface area contributed by atoms with Gasteiger partial charge in [0.2, 0.25) is 0 Å². The highest BCUT2D eigenvalue weighted by atomic mass is 32.1. The molecule has 0 heterocycles. The van der Waals surface area contributed by atoms with Gasteiger partial charge in [0.25, 0.3) is 5.69 Å². The Labute approximate surface area is 153 Å². The minimum atomic E-state index is -0.672. The third-order valence-electron chi connectivity index (χ3n) is 3.09. The minimum absolute atomic E-state index is 0.0295. The van der Waals surface area contributed by atoms with E-state index in [9.17, 15) is 14.9 Å². The number of rotatable bonds is 6. The zero-order valence-electron chi connectivity index (χ0n) is 13.5. The number of carbonyl (C=O) groups is 1. The number of methoxy groups -OCH3 is 1. The summed E-state index contributed by atoms with van der Waals surface area (Å²) in [7, 11) is 1.42. The SMILES string of the molecule is COc1cc(/C=N/NC(N)=S)ccc1OC(=O)c1ccc([N+](=O)[O-])cc1. The first-order chi connectivity index (χ1) is 12.4. The summed E-state index contributed by atoms with van der Waals surface area (Å²) in [4.78, 5) is 22.3. The second-order valence-electron chi connectivity index (χ2n) is 4.84. The molecule has 0 aliphatic carbocycles. The lowest BCUT2D eigenvalue weighted by atomic mass is 10.2. The predicted octanol–water partition coefficient (Wildman–Crippen LogP) is 1.99. The molecule has 2 aromatic carbocycles. The lowest BCUT2D eigenvalue weighted by molar-refractivity contribution is -0.384. The summed E-state index contributed by atoms with van der Waals surface area (Å²) in [6.45, 7) is 0. The molecule has 0 bridgehead atoms. The first-order valence-corrected chi connectivity index (χ1v) is 7.54. The van der Waals surface area contributed by atoms with Gasteiger partial charge in [-0.1, -0.05) is 0 Å². The van der Waals surface area contributed by atoms with Crippen LogP contribution in [0.15, 0.2) is 47.6 Å². The molecule has 0 unspecified atom stereocenters. The number of nitrogens with zero attached hydrogens (tertiary/aromatic N) is 2. The zero-order valence-corrected chi connectivity index (χ0v) is 14.4. The van der Waals surface area contributed by atoms with E-state index in [0.29, 0.717) is 11.3 Å². The molecule has 9 nitrogen and oxygen atoms in total. The molecule has 0 fully saturated rings. The van der Waals surface area contributed by atoms with Crippen LogP contribution < -0.4 is 20.6 Å². The smallest absolute Gasteiger partial charge is 0.343 e. The van der Waals surface area contributed by atoms with Crippen molar-refractivity contribution in [3.63, 3.8) is 0 Å². The molecule has 134 valence electrons. The standard InChI is InChI=1S/C16H14N4O5S/c1-24-14-8-10(9-18-19-16(17)26)2-7-13(14)25-15(21)11-3-5-12(6-4-11)20(22)23/h2-9H,1H3,(H3,17,19,26)/b18-9+. The van der Waals surface area contributed by atoms with Gasteiger partial charge in [-0.05, 0) is 48.1 Å². The molecular formula is C16H14N4O5S. The Morgan fingerprint density at radius 3 is 2.54 bits per heavy atom. The highest BCUT2D eigenvalue weighted by Gasteiger charge is 2.14. The molecule has 0 aliphatic rings. The maximum Gasteiger partial charge on any atom is 0.343 e. The van der Waals surface area contributed by atoms with Crippen LogP contribution in [0.4, 0.5) is 5.69 Å². The number of hydrogen-bond acceptors (Lipinski definition) is 7. The van der Waals surface area contributed by atoms with Crippen LogP contribution in [0.25, 0.3) is 0 Å². The molecule has 3 N–H and O–H groups in total. The number of nitrogens with two attached hydrogens (primary N) is 1. The van der Waals surface area contributed by atoms with Crippen molar-refractivity contribution in [2.45, 2.75) is 0 Å². The van der Waals surface area contributed by atoms with Gasteiger partial charge < -0.3 is 15.2 Å². The van der Waals surface area contributed by atoms with Gasteiger partial charge in [0.15, 0.2) is 16.6 Å². The van der Waals surface area contributed by atoms with E-state index in [-0.39, 0.29) is 22.1 Å². The number of ether oxygens (including phenoxy) is 2. The number of hydrogen-bond donors (Lipinski definition) is 2. The van der Waals surface area contributed by atoms with Gasteiger partial charge in [0.05, 0.1) is 23.8 Å². The maximum atomic E-state index is 12.2. The molecule has 0 atom stereocenters. The Morgan fingerprint density at radius 1 is 1.27 bits per heavy atom.